The summed E-state index contributed by atoms with van der Waals surface area (Å²) in [5.41, 5.74) is 0. The minimum Gasteiger partial charge on any atom is -0.549 e. The van der Waals surface area contributed by atoms with Crippen LogP contribution in [0.4, 0.5) is 0 Å². The fraction of sp³-hybridized carbons (Fsp3) is 0.833. The second-order valence-electron chi connectivity index (χ2n) is 7.48. The molecule has 185 valence electrons. The summed E-state index contributed by atoms with van der Waals surface area (Å²) >= 11 is 0. The summed E-state index contributed by atoms with van der Waals surface area (Å²) in [6.07, 6.45) is -1.25. The van der Waals surface area contributed by atoms with E-state index in [0.29, 0.717) is 0 Å². The normalized spacial score (nSPS) is 20.3. The van der Waals surface area contributed by atoms with Crippen molar-refractivity contribution in [3.05, 3.63) is 0 Å². The third kappa shape index (κ3) is 12.6. The molecule has 13 nitrogen and oxygen atoms in total. The Morgan fingerprint density at radius 3 is 1.22 bits per heavy atom. The molecule has 1 aliphatic rings. The van der Waals surface area contributed by atoms with Crippen molar-refractivity contribution in [3.8, 4) is 0 Å². The molecule has 32 heavy (non-hydrogen) atoms. The van der Waals surface area contributed by atoms with Crippen molar-refractivity contribution in [3.63, 3.8) is 0 Å². The van der Waals surface area contributed by atoms with E-state index in [0.717, 1.165) is 0 Å². The van der Waals surface area contributed by atoms with Gasteiger partial charge in [0.25, 0.3) is 0 Å². The van der Waals surface area contributed by atoms with Crippen LogP contribution in [0, 0.1) is 39.9 Å². The van der Waals surface area contributed by atoms with E-state index in [-0.39, 0.29) is 98.8 Å². The molecule has 1 fully saturated rings. The number of carboxylic acids is 3. The number of aliphatic hydroxyl groups excluding tert-OH is 3. The van der Waals surface area contributed by atoms with Crippen molar-refractivity contribution in [1.82, 2.24) is 19.6 Å². The molecule has 3 N–H and O–H groups in total. The minimum absolute atomic E-state index is 0. The summed E-state index contributed by atoms with van der Waals surface area (Å²) in [6.45, 7) is -0.648. The van der Waals surface area contributed by atoms with Gasteiger partial charge in [-0.2, -0.15) is 0 Å². The Bertz CT molecular complexity index is 555. The number of carbonyl (C=O) groups is 3. The first-order valence-electron chi connectivity index (χ1n) is 10.1. The molecule has 1 radical (unpaired) electrons. The quantitative estimate of drug-likeness (QED) is 0.213. The Labute approximate surface area is 218 Å². The van der Waals surface area contributed by atoms with Gasteiger partial charge in [-0.05, 0) is 0 Å². The van der Waals surface area contributed by atoms with Gasteiger partial charge in [-0.3, -0.25) is 19.6 Å². The summed E-state index contributed by atoms with van der Waals surface area (Å²) in [6, 6.07) is -0.836. The van der Waals surface area contributed by atoms with E-state index in [9.17, 15) is 45.0 Å². The fourth-order valence-electron chi connectivity index (χ4n) is 3.51. The first kappa shape index (κ1) is 31.5. The number of nitrogens with zero attached hydrogens (tertiary/aromatic N) is 4. The largest absolute Gasteiger partial charge is 3.00 e. The topological polar surface area (TPSA) is 194 Å². The van der Waals surface area contributed by atoms with Gasteiger partial charge in [0.05, 0.1) is 43.3 Å². The molecule has 0 aromatic carbocycles. The Kier molecular flexibility index (Phi) is 16.7. The predicted octanol–water partition coefficient (Wildman–Crippen LogP) is -7.83. The number of hydrogen-bond donors (Lipinski definition) is 3. The zero-order valence-electron chi connectivity index (χ0n) is 17.8. The van der Waals surface area contributed by atoms with Gasteiger partial charge in [0.2, 0.25) is 0 Å². The zero-order chi connectivity index (χ0) is 23.4. The Hall–Kier alpha value is -0.545. The molecule has 0 amide bonds. The molecule has 0 saturated carbocycles. The fourth-order valence-corrected chi connectivity index (χ4v) is 3.51. The number of rotatable bonds is 10. The van der Waals surface area contributed by atoms with E-state index >= 15 is 0 Å². The molecule has 2 atom stereocenters. The molecule has 0 bridgehead atoms. The van der Waals surface area contributed by atoms with Crippen molar-refractivity contribution in [2.45, 2.75) is 12.1 Å². The van der Waals surface area contributed by atoms with E-state index < -0.39 is 56.4 Å². The van der Waals surface area contributed by atoms with E-state index in [1.54, 1.807) is 14.7 Å². The van der Waals surface area contributed by atoms with Crippen LogP contribution < -0.4 is 15.3 Å². The van der Waals surface area contributed by atoms with Crippen LogP contribution in [0.25, 0.3) is 0 Å². The number of aliphatic hydroxyl groups is 3. The van der Waals surface area contributed by atoms with Gasteiger partial charge >= 0.3 is 39.9 Å². The summed E-state index contributed by atoms with van der Waals surface area (Å²) in [5, 5.41) is 62.3. The van der Waals surface area contributed by atoms with Crippen LogP contribution in [0.2, 0.25) is 0 Å². The average molecular weight is 605 g/mol. The SMILES string of the molecule is O=C([O-])CN1CCN(CC(=O)[O-])CCN([C@H](CO)C(O)CO)CCN(CC(=O)[O-])CC1.[Gd+3]. The summed E-state index contributed by atoms with van der Waals surface area (Å²) in [7, 11) is 0. The van der Waals surface area contributed by atoms with Crippen molar-refractivity contribution in [2.24, 2.45) is 0 Å². The smallest absolute Gasteiger partial charge is 0.549 e. The molecule has 1 rings (SSSR count). The van der Waals surface area contributed by atoms with Gasteiger partial charge in [-0.25, -0.2) is 0 Å². The standard InChI is InChI=1S/C18H34N4O9.Gd/c23-12-14(15(25)13-24)22-7-5-20(10-17(28)29)3-1-19(9-16(26)27)2-4-21(6-8-22)11-18(30)31;/h14-15,23-25H,1-13H2,(H,26,27)(H,28,29)(H,30,31);/q;+3/p-3/t14-,15?;/m1./s1. The predicted molar refractivity (Wildman–Crippen MR) is 99.9 cm³/mol. The maximum atomic E-state index is 11.1. The molecule has 0 aliphatic carbocycles. The molecule has 0 aromatic rings. The zero-order valence-corrected chi connectivity index (χ0v) is 20.0. The van der Waals surface area contributed by atoms with Crippen LogP contribution in [0.3, 0.4) is 0 Å². The van der Waals surface area contributed by atoms with Gasteiger partial charge in [0.15, 0.2) is 0 Å². The molecule has 0 aromatic heterocycles. The Morgan fingerprint density at radius 2 is 0.969 bits per heavy atom. The number of hydrogen-bond acceptors (Lipinski definition) is 13. The van der Waals surface area contributed by atoms with E-state index in [1.807, 2.05) is 0 Å². The minimum atomic E-state index is -1.31. The summed E-state index contributed by atoms with van der Waals surface area (Å²) in [5.74, 6) is -3.92. The molecule has 14 heteroatoms. The molecule has 1 unspecified atom stereocenters. The van der Waals surface area contributed by atoms with Crippen LogP contribution in [0.5, 0.6) is 0 Å². The molecule has 1 saturated heterocycles. The van der Waals surface area contributed by atoms with Gasteiger partial charge in [-0.15, -0.1) is 0 Å². The van der Waals surface area contributed by atoms with Gasteiger partial charge in [0, 0.05) is 72.0 Å². The number of carboxylic acid groups (broad SMARTS) is 3. The molecule has 1 heterocycles. The molecular formula is C18H31GdN4O9. The Balaban J connectivity index is 0.00000961. The van der Waals surface area contributed by atoms with Crippen LogP contribution in [-0.4, -0.2) is 150 Å². The maximum absolute atomic E-state index is 11.1. The molecule has 0 spiro atoms. The maximum Gasteiger partial charge on any atom is 3.00 e. The average Bonchev–Trinajstić information content (AvgIpc) is 2.68. The van der Waals surface area contributed by atoms with Crippen LogP contribution >= 0.6 is 0 Å². The van der Waals surface area contributed by atoms with Crippen LogP contribution in [-0.2, 0) is 14.4 Å². The first-order valence-corrected chi connectivity index (χ1v) is 10.1. The Morgan fingerprint density at radius 1 is 0.656 bits per heavy atom. The monoisotopic (exact) mass is 605 g/mol. The van der Waals surface area contributed by atoms with E-state index in [2.05, 4.69) is 0 Å². The van der Waals surface area contributed by atoms with E-state index in [4.69, 9.17) is 0 Å². The summed E-state index contributed by atoms with van der Waals surface area (Å²) in [4.78, 5) is 39.5. The molecule has 1 aliphatic heterocycles. The van der Waals surface area contributed by atoms with Crippen LogP contribution in [0.1, 0.15) is 0 Å². The second-order valence-corrected chi connectivity index (χ2v) is 7.48. The van der Waals surface area contributed by atoms with Crippen molar-refractivity contribution < 1.29 is 85.0 Å². The van der Waals surface area contributed by atoms with Gasteiger partial charge in [-0.1, -0.05) is 0 Å². The number of carbonyl (C=O) groups excluding carboxylic acids is 3. The van der Waals surface area contributed by atoms with Crippen molar-refractivity contribution in [2.75, 3.05) is 85.2 Å². The number of aliphatic carboxylic acids is 3. The third-order valence-corrected chi connectivity index (χ3v) is 5.22. The molecular weight excluding hydrogens is 573 g/mol. The van der Waals surface area contributed by atoms with Crippen LogP contribution in [0.15, 0.2) is 0 Å². The van der Waals surface area contributed by atoms with Crippen molar-refractivity contribution in [1.29, 1.82) is 0 Å². The van der Waals surface area contributed by atoms with Gasteiger partial charge in [0.1, 0.15) is 0 Å². The first-order chi connectivity index (χ1) is 14.7. The van der Waals surface area contributed by atoms with Crippen molar-refractivity contribution >= 4 is 17.9 Å². The van der Waals surface area contributed by atoms with E-state index in [1.165, 1.54) is 4.90 Å². The summed E-state index contributed by atoms with van der Waals surface area (Å²) < 4.78 is 0. The second kappa shape index (κ2) is 17.0. The third-order valence-electron chi connectivity index (χ3n) is 5.22. The van der Waals surface area contributed by atoms with Gasteiger partial charge < -0.3 is 45.0 Å².